The van der Waals surface area contributed by atoms with Gasteiger partial charge in [-0.15, -0.1) is 0 Å². The summed E-state index contributed by atoms with van der Waals surface area (Å²) in [6.07, 6.45) is 3.59. The first-order chi connectivity index (χ1) is 13.7. The Kier molecular flexibility index (Phi) is 6.91. The fraction of sp³-hybridized carbons (Fsp3) is 0.167. The topological polar surface area (TPSA) is 131 Å². The highest BCUT2D eigenvalue weighted by Gasteiger charge is 2.20. The lowest BCUT2D eigenvalue weighted by Gasteiger charge is -2.15. The van der Waals surface area contributed by atoms with Crippen LogP contribution in [0.5, 0.6) is 0 Å². The van der Waals surface area contributed by atoms with Gasteiger partial charge < -0.3 is 5.32 Å². The highest BCUT2D eigenvalue weighted by Crippen LogP contribution is 2.17. The largest absolute Gasteiger partial charge is 0.342 e. The van der Waals surface area contributed by atoms with Gasteiger partial charge in [0.2, 0.25) is 0 Å². The molecule has 30 heavy (non-hydrogen) atoms. The molecule has 3 aromatic rings. The van der Waals surface area contributed by atoms with E-state index in [9.17, 15) is 17.6 Å². The van der Waals surface area contributed by atoms with Crippen molar-refractivity contribution in [1.82, 2.24) is 25.1 Å². The molecule has 1 atom stereocenters. The Morgan fingerprint density at radius 1 is 1.27 bits per heavy atom. The molecular weight excluding hydrogens is 431 g/mol. The molecular formula is C18H17FN6O3S2. The molecule has 0 bridgehead atoms. The van der Waals surface area contributed by atoms with Crippen molar-refractivity contribution >= 4 is 29.2 Å². The zero-order chi connectivity index (χ0) is 21.2. The van der Waals surface area contributed by atoms with Gasteiger partial charge in [0.1, 0.15) is 18.2 Å². The molecule has 1 aromatic carbocycles. The third kappa shape index (κ3) is 5.00. The number of carbonyl (C=O) groups excluding carboxylic acids is 1. The minimum Gasteiger partial charge on any atom is -0.342 e. The van der Waals surface area contributed by atoms with Gasteiger partial charge in [0.05, 0.1) is 16.5 Å². The van der Waals surface area contributed by atoms with Crippen LogP contribution in [0.4, 0.5) is 4.39 Å². The Balaban J connectivity index is 0.00000320. The van der Waals surface area contributed by atoms with Crippen molar-refractivity contribution in [2.45, 2.75) is 17.9 Å². The first kappa shape index (κ1) is 23.0. The molecule has 0 unspecified atom stereocenters. The first-order valence-electron chi connectivity index (χ1n) is 8.27. The Hall–Kier alpha value is -3.30. The van der Waals surface area contributed by atoms with E-state index < -0.39 is 27.6 Å². The monoisotopic (exact) mass is 448 g/mol. The number of hydrogen-bond acceptors (Lipinski definition) is 7. The maximum absolute atomic E-state index is 13.8. The van der Waals surface area contributed by atoms with E-state index in [4.69, 9.17) is 5.26 Å². The average molecular weight is 449 g/mol. The molecule has 12 heteroatoms. The number of aromatic nitrogens is 4. The highest BCUT2D eigenvalue weighted by molar-refractivity contribution is 7.90. The minimum atomic E-state index is -3.68. The van der Waals surface area contributed by atoms with E-state index in [-0.39, 0.29) is 24.0 Å². The normalized spacial score (nSPS) is 11.8. The molecule has 0 aliphatic carbocycles. The molecule has 1 amide bonds. The SMILES string of the molecule is C[C@@H](NC(=O)c1cc(F)cc(S(C)(=O)=O)c1)c1ncnn1-c1ccc(C#N)cn1.S. The number of nitrogens with one attached hydrogen (secondary N) is 1. The van der Waals surface area contributed by atoms with Gasteiger partial charge in [0.25, 0.3) is 5.91 Å². The first-order valence-corrected chi connectivity index (χ1v) is 10.2. The van der Waals surface area contributed by atoms with Crippen molar-refractivity contribution in [3.8, 4) is 11.9 Å². The van der Waals surface area contributed by atoms with E-state index in [1.54, 1.807) is 19.1 Å². The maximum Gasteiger partial charge on any atom is 0.252 e. The van der Waals surface area contributed by atoms with Crippen LogP contribution >= 0.6 is 13.5 Å². The third-order valence-electron chi connectivity index (χ3n) is 3.96. The van der Waals surface area contributed by atoms with E-state index >= 15 is 0 Å². The van der Waals surface area contributed by atoms with Gasteiger partial charge in [-0.3, -0.25) is 4.79 Å². The zero-order valence-electron chi connectivity index (χ0n) is 15.9. The number of hydrogen-bond donors (Lipinski definition) is 1. The van der Waals surface area contributed by atoms with Gasteiger partial charge in [-0.05, 0) is 37.3 Å². The van der Waals surface area contributed by atoms with Crippen LogP contribution in [0.1, 0.15) is 34.7 Å². The second-order valence-corrected chi connectivity index (χ2v) is 8.21. The summed E-state index contributed by atoms with van der Waals surface area (Å²) in [5, 5.41) is 15.6. The zero-order valence-corrected chi connectivity index (χ0v) is 17.7. The quantitative estimate of drug-likeness (QED) is 0.628. The number of benzene rings is 1. The number of nitriles is 1. The van der Waals surface area contributed by atoms with E-state index in [0.29, 0.717) is 17.2 Å². The van der Waals surface area contributed by atoms with Crippen LogP contribution in [-0.4, -0.2) is 40.3 Å². The van der Waals surface area contributed by atoms with Crippen LogP contribution in [0.25, 0.3) is 5.82 Å². The molecule has 0 saturated heterocycles. The average Bonchev–Trinajstić information content (AvgIpc) is 3.17. The van der Waals surface area contributed by atoms with Crippen LogP contribution in [0.3, 0.4) is 0 Å². The standard InChI is InChI=1S/C18H15FN6O3S.H2S/c1-11(17-22-10-23-25(17)16-4-3-12(8-20)9-21-16)24-18(26)13-5-14(19)7-15(6-13)29(2,27)28;/h3-7,9-11H,1-2H3,(H,24,26);1H2/t11-;/m1./s1. The number of rotatable bonds is 5. The lowest BCUT2D eigenvalue weighted by molar-refractivity contribution is 0.0937. The second-order valence-electron chi connectivity index (χ2n) is 6.19. The van der Waals surface area contributed by atoms with Gasteiger partial charge in [0.15, 0.2) is 21.5 Å². The van der Waals surface area contributed by atoms with Crippen molar-refractivity contribution in [2.75, 3.05) is 6.26 Å². The van der Waals surface area contributed by atoms with Crippen molar-refractivity contribution in [2.24, 2.45) is 0 Å². The summed E-state index contributed by atoms with van der Waals surface area (Å²) >= 11 is 0. The molecule has 3 rings (SSSR count). The summed E-state index contributed by atoms with van der Waals surface area (Å²) in [7, 11) is -3.68. The number of pyridine rings is 1. The van der Waals surface area contributed by atoms with Crippen LogP contribution in [0, 0.1) is 17.1 Å². The summed E-state index contributed by atoms with van der Waals surface area (Å²) in [6.45, 7) is 1.64. The Labute approximate surface area is 179 Å². The number of halogens is 1. The van der Waals surface area contributed by atoms with Crippen LogP contribution in [0.2, 0.25) is 0 Å². The van der Waals surface area contributed by atoms with Gasteiger partial charge in [-0.1, -0.05) is 0 Å². The fourth-order valence-electron chi connectivity index (χ4n) is 2.55. The maximum atomic E-state index is 13.8. The number of sulfone groups is 1. The van der Waals surface area contributed by atoms with E-state index in [1.807, 2.05) is 6.07 Å². The highest BCUT2D eigenvalue weighted by atomic mass is 32.2. The minimum absolute atomic E-state index is 0. The molecule has 1 N–H and O–H groups in total. The number of carbonyl (C=O) groups is 1. The molecule has 0 fully saturated rings. The van der Waals surface area contributed by atoms with Crippen molar-refractivity contribution in [3.05, 3.63) is 65.6 Å². The van der Waals surface area contributed by atoms with Crippen molar-refractivity contribution in [1.29, 1.82) is 5.26 Å². The van der Waals surface area contributed by atoms with Crippen LogP contribution in [-0.2, 0) is 9.84 Å². The summed E-state index contributed by atoms with van der Waals surface area (Å²) in [6, 6.07) is 7.35. The lowest BCUT2D eigenvalue weighted by Crippen LogP contribution is -2.29. The lowest BCUT2D eigenvalue weighted by atomic mass is 10.2. The summed E-state index contributed by atoms with van der Waals surface area (Å²) < 4.78 is 38.5. The number of amides is 1. The van der Waals surface area contributed by atoms with Gasteiger partial charge >= 0.3 is 0 Å². The van der Waals surface area contributed by atoms with Crippen molar-refractivity contribution < 1.29 is 17.6 Å². The van der Waals surface area contributed by atoms with Crippen molar-refractivity contribution in [3.63, 3.8) is 0 Å². The van der Waals surface area contributed by atoms with Gasteiger partial charge in [-0.25, -0.2) is 22.8 Å². The van der Waals surface area contributed by atoms with Gasteiger partial charge in [-0.2, -0.15) is 28.5 Å². The molecule has 0 aliphatic heterocycles. The molecule has 0 radical (unpaired) electrons. The molecule has 156 valence electrons. The third-order valence-corrected chi connectivity index (χ3v) is 5.06. The predicted octanol–water partition coefficient (Wildman–Crippen LogP) is 1.68. The van der Waals surface area contributed by atoms with Crippen LogP contribution < -0.4 is 5.32 Å². The predicted molar refractivity (Wildman–Crippen MR) is 110 cm³/mol. The Bertz CT molecular complexity index is 1220. The molecule has 9 nitrogen and oxygen atoms in total. The van der Waals surface area contributed by atoms with Gasteiger partial charge in [0, 0.05) is 18.0 Å². The van der Waals surface area contributed by atoms with Crippen LogP contribution in [0.15, 0.2) is 47.8 Å². The molecule has 0 saturated carbocycles. The fourth-order valence-corrected chi connectivity index (χ4v) is 3.22. The Morgan fingerprint density at radius 3 is 2.60 bits per heavy atom. The number of nitrogens with zero attached hydrogens (tertiary/aromatic N) is 5. The Morgan fingerprint density at radius 2 is 2.00 bits per heavy atom. The molecule has 0 aliphatic rings. The summed E-state index contributed by atoms with van der Waals surface area (Å²) in [5.74, 6) is -0.780. The molecule has 0 spiro atoms. The summed E-state index contributed by atoms with van der Waals surface area (Å²) in [5.41, 5.74) is 0.240. The van der Waals surface area contributed by atoms with E-state index in [2.05, 4.69) is 20.4 Å². The van der Waals surface area contributed by atoms with E-state index in [1.165, 1.54) is 17.2 Å². The smallest absolute Gasteiger partial charge is 0.252 e. The molecule has 2 heterocycles. The van der Waals surface area contributed by atoms with E-state index in [0.717, 1.165) is 24.5 Å². The summed E-state index contributed by atoms with van der Waals surface area (Å²) in [4.78, 5) is 20.5. The second kappa shape index (κ2) is 9.02. The molecule has 2 aromatic heterocycles.